The molecular weight excluding hydrogens is 217 g/mol. The summed E-state index contributed by atoms with van der Waals surface area (Å²) >= 11 is 0. The fourth-order valence-electron chi connectivity index (χ4n) is 1.99. The third kappa shape index (κ3) is 2.22. The van der Waals surface area contributed by atoms with Gasteiger partial charge >= 0.3 is 0 Å². The zero-order chi connectivity index (χ0) is 12.4. The Morgan fingerprint density at radius 3 is 2.76 bits per heavy atom. The van der Waals surface area contributed by atoms with E-state index in [9.17, 15) is 4.39 Å². The first-order valence-corrected chi connectivity index (χ1v) is 5.57. The van der Waals surface area contributed by atoms with E-state index >= 15 is 0 Å². The highest BCUT2D eigenvalue weighted by Crippen LogP contribution is 2.23. The fourth-order valence-corrected chi connectivity index (χ4v) is 1.99. The van der Waals surface area contributed by atoms with Gasteiger partial charge in [0.15, 0.2) is 0 Å². The first-order chi connectivity index (χ1) is 8.13. The van der Waals surface area contributed by atoms with Crippen molar-refractivity contribution in [2.45, 2.75) is 12.8 Å². The number of nitrogens with two attached hydrogens (primary N) is 1. The van der Waals surface area contributed by atoms with Crippen LogP contribution in [0.25, 0.3) is 0 Å². The SMILES string of the molecule is Cc1cc(C(CN)c2nccn2C)ccc1F. The molecule has 1 heterocycles. The van der Waals surface area contributed by atoms with E-state index in [0.29, 0.717) is 12.1 Å². The molecule has 0 bridgehead atoms. The van der Waals surface area contributed by atoms with Gasteiger partial charge in [-0.25, -0.2) is 9.37 Å². The third-order valence-corrected chi connectivity index (χ3v) is 2.99. The van der Waals surface area contributed by atoms with Crippen LogP contribution < -0.4 is 5.73 Å². The summed E-state index contributed by atoms with van der Waals surface area (Å²) in [7, 11) is 1.93. The maximum absolute atomic E-state index is 13.2. The zero-order valence-corrected chi connectivity index (χ0v) is 10.0. The molecule has 1 aromatic heterocycles. The Morgan fingerprint density at radius 2 is 2.24 bits per heavy atom. The van der Waals surface area contributed by atoms with Crippen LogP contribution in [0.5, 0.6) is 0 Å². The van der Waals surface area contributed by atoms with E-state index < -0.39 is 0 Å². The van der Waals surface area contributed by atoms with Crippen molar-refractivity contribution in [1.29, 1.82) is 0 Å². The molecule has 0 spiro atoms. The quantitative estimate of drug-likeness (QED) is 0.880. The Hall–Kier alpha value is -1.68. The van der Waals surface area contributed by atoms with Crippen LogP contribution in [0, 0.1) is 12.7 Å². The molecule has 3 nitrogen and oxygen atoms in total. The van der Waals surface area contributed by atoms with Crippen molar-refractivity contribution in [3.05, 3.63) is 53.4 Å². The third-order valence-electron chi connectivity index (χ3n) is 2.99. The van der Waals surface area contributed by atoms with Crippen LogP contribution in [-0.4, -0.2) is 16.1 Å². The van der Waals surface area contributed by atoms with Crippen LogP contribution in [0.15, 0.2) is 30.6 Å². The Labute approximate surface area is 100 Å². The normalized spacial score (nSPS) is 12.7. The fraction of sp³-hybridized carbons (Fsp3) is 0.308. The Kier molecular flexibility index (Phi) is 3.24. The summed E-state index contributed by atoms with van der Waals surface area (Å²) < 4.78 is 15.2. The van der Waals surface area contributed by atoms with E-state index in [1.165, 1.54) is 6.07 Å². The van der Waals surface area contributed by atoms with Gasteiger partial charge in [0.2, 0.25) is 0 Å². The van der Waals surface area contributed by atoms with E-state index in [0.717, 1.165) is 11.4 Å². The van der Waals surface area contributed by atoms with Crippen molar-refractivity contribution in [2.24, 2.45) is 12.8 Å². The molecule has 0 aliphatic heterocycles. The van der Waals surface area contributed by atoms with Crippen LogP contribution in [0.4, 0.5) is 4.39 Å². The molecular formula is C13H16FN3. The predicted octanol–water partition coefficient (Wildman–Crippen LogP) is 1.96. The lowest BCUT2D eigenvalue weighted by Gasteiger charge is -2.15. The number of halogens is 1. The van der Waals surface area contributed by atoms with Crippen molar-refractivity contribution in [1.82, 2.24) is 9.55 Å². The molecule has 17 heavy (non-hydrogen) atoms. The van der Waals surface area contributed by atoms with Crippen molar-refractivity contribution in [2.75, 3.05) is 6.54 Å². The second-order valence-corrected chi connectivity index (χ2v) is 4.19. The molecule has 90 valence electrons. The zero-order valence-electron chi connectivity index (χ0n) is 10.0. The molecule has 0 amide bonds. The van der Waals surface area contributed by atoms with Gasteiger partial charge in [-0.2, -0.15) is 0 Å². The molecule has 0 saturated heterocycles. The largest absolute Gasteiger partial charge is 0.337 e. The Morgan fingerprint density at radius 1 is 1.47 bits per heavy atom. The molecule has 0 aliphatic rings. The lowest BCUT2D eigenvalue weighted by Crippen LogP contribution is -2.17. The smallest absolute Gasteiger partial charge is 0.126 e. The summed E-state index contributed by atoms with van der Waals surface area (Å²) in [5.74, 6) is 0.720. The predicted molar refractivity (Wildman–Crippen MR) is 65.2 cm³/mol. The van der Waals surface area contributed by atoms with Gasteiger partial charge in [-0.05, 0) is 24.1 Å². The van der Waals surface area contributed by atoms with Crippen molar-refractivity contribution in [3.8, 4) is 0 Å². The number of aryl methyl sites for hydroxylation is 2. The minimum atomic E-state index is -0.190. The van der Waals surface area contributed by atoms with Gasteiger partial charge in [0.05, 0.1) is 5.92 Å². The second-order valence-electron chi connectivity index (χ2n) is 4.19. The van der Waals surface area contributed by atoms with E-state index in [2.05, 4.69) is 4.98 Å². The van der Waals surface area contributed by atoms with Crippen LogP contribution >= 0.6 is 0 Å². The molecule has 1 atom stereocenters. The van der Waals surface area contributed by atoms with Crippen molar-refractivity contribution < 1.29 is 4.39 Å². The average Bonchev–Trinajstić information content (AvgIpc) is 2.71. The summed E-state index contributed by atoms with van der Waals surface area (Å²) in [6.07, 6.45) is 3.63. The van der Waals surface area contributed by atoms with Gasteiger partial charge in [-0.3, -0.25) is 0 Å². The molecule has 0 radical (unpaired) electrons. The number of rotatable bonds is 3. The summed E-state index contributed by atoms with van der Waals surface area (Å²) in [6, 6.07) is 5.09. The summed E-state index contributed by atoms with van der Waals surface area (Å²) in [5.41, 5.74) is 7.44. The van der Waals surface area contributed by atoms with Gasteiger partial charge in [0.1, 0.15) is 11.6 Å². The minimum Gasteiger partial charge on any atom is -0.337 e. The lowest BCUT2D eigenvalue weighted by atomic mass is 9.96. The number of benzene rings is 1. The first kappa shape index (κ1) is 11.8. The van der Waals surface area contributed by atoms with E-state index in [4.69, 9.17) is 5.73 Å². The highest BCUT2D eigenvalue weighted by Gasteiger charge is 2.17. The summed E-state index contributed by atoms with van der Waals surface area (Å²) in [5, 5.41) is 0. The van der Waals surface area contributed by atoms with Gasteiger partial charge in [-0.1, -0.05) is 12.1 Å². The van der Waals surface area contributed by atoms with E-state index in [1.807, 2.05) is 23.9 Å². The standard InChI is InChI=1S/C13H16FN3/c1-9-7-10(3-4-12(9)14)11(8-15)13-16-5-6-17(13)2/h3-7,11H,8,15H2,1-2H3. The lowest BCUT2D eigenvalue weighted by molar-refractivity contribution is 0.615. The van der Waals surface area contributed by atoms with Crippen LogP contribution in [-0.2, 0) is 7.05 Å². The van der Waals surface area contributed by atoms with Crippen molar-refractivity contribution in [3.63, 3.8) is 0 Å². The van der Waals surface area contributed by atoms with Crippen LogP contribution in [0.1, 0.15) is 22.9 Å². The highest BCUT2D eigenvalue weighted by atomic mass is 19.1. The molecule has 1 aromatic carbocycles. The number of imidazole rings is 1. The number of hydrogen-bond acceptors (Lipinski definition) is 2. The Bertz CT molecular complexity index is 519. The van der Waals surface area contributed by atoms with E-state index in [1.54, 1.807) is 19.2 Å². The van der Waals surface area contributed by atoms with Gasteiger partial charge in [-0.15, -0.1) is 0 Å². The molecule has 1 unspecified atom stereocenters. The Balaban J connectivity index is 2.42. The summed E-state index contributed by atoms with van der Waals surface area (Å²) in [6.45, 7) is 2.21. The number of hydrogen-bond donors (Lipinski definition) is 1. The number of nitrogens with zero attached hydrogens (tertiary/aromatic N) is 2. The van der Waals surface area contributed by atoms with Crippen LogP contribution in [0.3, 0.4) is 0 Å². The first-order valence-electron chi connectivity index (χ1n) is 5.57. The molecule has 0 fully saturated rings. The van der Waals surface area contributed by atoms with E-state index in [-0.39, 0.29) is 11.7 Å². The molecule has 0 aliphatic carbocycles. The highest BCUT2D eigenvalue weighted by molar-refractivity contribution is 5.31. The minimum absolute atomic E-state index is 0.00861. The van der Waals surface area contributed by atoms with Gasteiger partial charge < -0.3 is 10.3 Å². The van der Waals surface area contributed by atoms with Gasteiger partial charge in [0.25, 0.3) is 0 Å². The molecule has 2 rings (SSSR count). The molecule has 2 aromatic rings. The maximum atomic E-state index is 13.2. The second kappa shape index (κ2) is 4.67. The van der Waals surface area contributed by atoms with Crippen molar-refractivity contribution >= 4 is 0 Å². The monoisotopic (exact) mass is 233 g/mol. The summed E-state index contributed by atoms with van der Waals surface area (Å²) in [4.78, 5) is 4.30. The van der Waals surface area contributed by atoms with Gasteiger partial charge in [0, 0.05) is 26.0 Å². The maximum Gasteiger partial charge on any atom is 0.126 e. The molecule has 0 saturated carbocycles. The molecule has 2 N–H and O–H groups in total. The molecule has 4 heteroatoms. The average molecular weight is 233 g/mol. The van der Waals surface area contributed by atoms with Crippen LogP contribution in [0.2, 0.25) is 0 Å². The topological polar surface area (TPSA) is 43.8 Å². The number of aromatic nitrogens is 2.